The molecule has 15 heteroatoms. The molecule has 0 spiro atoms. The lowest BCUT2D eigenvalue weighted by molar-refractivity contribution is -0.161. The van der Waals surface area contributed by atoms with E-state index in [1.807, 2.05) is 6.08 Å². The number of aliphatic carboxylic acids is 1. The van der Waals surface area contributed by atoms with Gasteiger partial charge in [0.05, 0.1) is 31.5 Å². The molecular weight excluding hydrogens is 829 g/mol. The first-order valence-electron chi connectivity index (χ1n) is 23.6. The van der Waals surface area contributed by atoms with E-state index < -0.39 is 76.0 Å². The van der Waals surface area contributed by atoms with E-state index in [4.69, 9.17) is 24.8 Å². The van der Waals surface area contributed by atoms with Gasteiger partial charge in [0.1, 0.15) is 12.6 Å². The van der Waals surface area contributed by atoms with Crippen molar-refractivity contribution < 1.29 is 62.8 Å². The lowest BCUT2D eigenvalue weighted by atomic mass is 9.88. The van der Waals surface area contributed by atoms with Crippen LogP contribution in [0.2, 0.25) is 0 Å². The molecule has 1 fully saturated rings. The van der Waals surface area contributed by atoms with Crippen molar-refractivity contribution in [3.05, 3.63) is 60.8 Å². The molecule has 362 valence electrons. The van der Waals surface area contributed by atoms with Crippen molar-refractivity contribution in [3.8, 4) is 0 Å². The van der Waals surface area contributed by atoms with Crippen LogP contribution in [-0.4, -0.2) is 93.5 Å². The van der Waals surface area contributed by atoms with Crippen LogP contribution in [0.5, 0.6) is 0 Å². The second-order valence-electron chi connectivity index (χ2n) is 16.5. The molecular formula is C48H82NO13P. The van der Waals surface area contributed by atoms with Gasteiger partial charge < -0.3 is 40.5 Å². The van der Waals surface area contributed by atoms with Crippen LogP contribution < -0.4 is 5.73 Å². The van der Waals surface area contributed by atoms with Crippen LogP contribution in [0, 0.1) is 11.8 Å². The first-order valence-corrected chi connectivity index (χ1v) is 25.1. The minimum Gasteiger partial charge on any atom is -0.480 e. The Balaban J connectivity index is 2.47. The Labute approximate surface area is 377 Å². The van der Waals surface area contributed by atoms with E-state index in [1.165, 1.54) is 19.3 Å². The molecule has 0 radical (unpaired) electrons. The molecule has 0 aromatic heterocycles. The normalized spacial score (nSPS) is 20.6. The van der Waals surface area contributed by atoms with Gasteiger partial charge in [0.2, 0.25) is 0 Å². The Morgan fingerprint density at radius 2 is 1.24 bits per heavy atom. The first kappa shape index (κ1) is 58.1. The molecule has 1 aliphatic rings. The maximum Gasteiger partial charge on any atom is 0.472 e. The summed E-state index contributed by atoms with van der Waals surface area (Å²) >= 11 is 0. The van der Waals surface area contributed by atoms with Gasteiger partial charge >= 0.3 is 25.7 Å². The van der Waals surface area contributed by atoms with Crippen LogP contribution in [0.15, 0.2) is 60.8 Å². The third kappa shape index (κ3) is 31.6. The number of phosphoric ester groups is 1. The molecule has 63 heavy (non-hydrogen) atoms. The number of allylic oxidation sites excluding steroid dienone is 8. The number of esters is 2. The highest BCUT2D eigenvalue weighted by Gasteiger charge is 2.39. The first-order chi connectivity index (χ1) is 30.3. The Hall–Kier alpha value is -2.94. The molecule has 1 saturated carbocycles. The minimum absolute atomic E-state index is 0.0781. The number of nitrogens with two attached hydrogens (primary N) is 1. The summed E-state index contributed by atoms with van der Waals surface area (Å²) in [6.07, 6.45) is 36.3. The maximum atomic E-state index is 12.7. The predicted octanol–water partition coefficient (Wildman–Crippen LogP) is 9.11. The van der Waals surface area contributed by atoms with Crippen LogP contribution in [0.4, 0.5) is 0 Å². The van der Waals surface area contributed by atoms with Gasteiger partial charge in [0.25, 0.3) is 0 Å². The lowest BCUT2D eigenvalue weighted by Gasteiger charge is -2.21. The van der Waals surface area contributed by atoms with E-state index in [9.17, 15) is 39.2 Å². The fraction of sp³-hybridized carbons (Fsp3) is 0.729. The fourth-order valence-electron chi connectivity index (χ4n) is 7.08. The van der Waals surface area contributed by atoms with Crippen molar-refractivity contribution in [1.29, 1.82) is 0 Å². The van der Waals surface area contributed by atoms with Crippen LogP contribution >= 0.6 is 7.82 Å². The average molecular weight is 912 g/mol. The number of carbonyl (C=O) groups excluding carboxylic acids is 2. The monoisotopic (exact) mass is 912 g/mol. The molecule has 8 atom stereocenters. The van der Waals surface area contributed by atoms with Crippen LogP contribution in [0.25, 0.3) is 0 Å². The van der Waals surface area contributed by atoms with Crippen molar-refractivity contribution in [2.24, 2.45) is 17.6 Å². The molecule has 0 saturated heterocycles. The number of unbranched alkanes of at least 4 members (excludes halogenated alkanes) is 11. The van der Waals surface area contributed by atoms with Gasteiger partial charge in [-0.3, -0.25) is 23.4 Å². The summed E-state index contributed by atoms with van der Waals surface area (Å²) < 4.78 is 32.7. The number of aliphatic hydroxyl groups is 3. The van der Waals surface area contributed by atoms with Gasteiger partial charge in [-0.05, 0) is 76.5 Å². The maximum absolute atomic E-state index is 12.7. The second-order valence-corrected chi connectivity index (χ2v) is 18.0. The summed E-state index contributed by atoms with van der Waals surface area (Å²) in [6, 6.07) is -1.56. The molecule has 0 amide bonds. The SMILES string of the molecule is CCCCC/C=C\C/C=C\C/C=C\C/C=C\CCCCCC(=O)O[C@H](COC(=O)CCCCCC[C@@H]1[C@@H](/C=C/[C@@H](O)CCCCC)[C@H](O)C[C@@H]1O)COP(=O)(O)OC[C@H](N)C(=O)O. The number of phosphoric acid groups is 1. The number of rotatable bonds is 39. The van der Waals surface area contributed by atoms with Crippen LogP contribution in [-0.2, 0) is 37.5 Å². The summed E-state index contributed by atoms with van der Waals surface area (Å²) in [5, 5.41) is 40.3. The lowest BCUT2D eigenvalue weighted by Crippen LogP contribution is -2.34. The van der Waals surface area contributed by atoms with Crippen molar-refractivity contribution in [2.45, 2.75) is 192 Å². The van der Waals surface area contributed by atoms with Gasteiger partial charge in [-0.1, -0.05) is 132 Å². The van der Waals surface area contributed by atoms with E-state index >= 15 is 0 Å². The summed E-state index contributed by atoms with van der Waals surface area (Å²) in [6.45, 7) is 2.43. The summed E-state index contributed by atoms with van der Waals surface area (Å²) in [4.78, 5) is 46.3. The van der Waals surface area contributed by atoms with E-state index in [0.29, 0.717) is 38.5 Å². The Morgan fingerprint density at radius 1 is 0.698 bits per heavy atom. The molecule has 14 nitrogen and oxygen atoms in total. The van der Waals surface area contributed by atoms with Crippen molar-refractivity contribution >= 4 is 25.7 Å². The predicted molar refractivity (Wildman–Crippen MR) is 246 cm³/mol. The Morgan fingerprint density at radius 3 is 1.86 bits per heavy atom. The third-order valence-electron chi connectivity index (χ3n) is 10.8. The van der Waals surface area contributed by atoms with E-state index in [2.05, 4.69) is 67.0 Å². The van der Waals surface area contributed by atoms with Gasteiger partial charge in [-0.2, -0.15) is 0 Å². The number of carbonyl (C=O) groups is 3. The summed E-state index contributed by atoms with van der Waals surface area (Å²) in [7, 11) is -4.79. The van der Waals surface area contributed by atoms with E-state index in [1.54, 1.807) is 6.08 Å². The number of ether oxygens (including phenoxy) is 2. The van der Waals surface area contributed by atoms with E-state index in [0.717, 1.165) is 77.0 Å². The summed E-state index contributed by atoms with van der Waals surface area (Å²) in [5.74, 6) is -2.93. The zero-order valence-corrected chi connectivity index (χ0v) is 39.1. The van der Waals surface area contributed by atoms with Gasteiger partial charge in [-0.15, -0.1) is 0 Å². The van der Waals surface area contributed by atoms with Crippen molar-refractivity contribution in [3.63, 3.8) is 0 Å². The molecule has 0 heterocycles. The molecule has 7 N–H and O–H groups in total. The molecule has 0 aromatic carbocycles. The number of carboxylic acids is 1. The van der Waals surface area contributed by atoms with Crippen molar-refractivity contribution in [2.75, 3.05) is 19.8 Å². The highest BCUT2D eigenvalue weighted by atomic mass is 31.2. The molecule has 0 aromatic rings. The average Bonchev–Trinajstić information content (AvgIpc) is 3.52. The molecule has 0 aliphatic heterocycles. The standard InChI is InChI=1S/C48H82NO13P/c1-3-5-7-8-9-10-11-12-13-14-15-16-17-18-19-20-21-22-28-32-47(54)62-40(37-60-63(57,58)61-38-43(49)48(55)56)36-59-46(53)31-27-24-23-26-30-41-42(45(52)35-44(41)51)34-33-39(50)29-25-6-4-2/h9-10,12-13,15-16,18-19,33-34,39-45,50-52H,3-8,11,14,17,20-32,35-38,49H2,1-2H3,(H,55,56)(H,57,58)/b10-9-,13-12-,16-15-,19-18-,34-33+/t39-,40+,41+,42+,43-,44-,45+/m0/s1. The smallest absolute Gasteiger partial charge is 0.472 e. The number of hydrogen-bond donors (Lipinski definition) is 6. The highest BCUT2D eigenvalue weighted by Crippen LogP contribution is 2.43. The molecule has 1 rings (SSSR count). The fourth-order valence-corrected chi connectivity index (χ4v) is 7.86. The number of aliphatic hydroxyl groups excluding tert-OH is 3. The highest BCUT2D eigenvalue weighted by molar-refractivity contribution is 7.47. The van der Waals surface area contributed by atoms with Crippen LogP contribution in [0.3, 0.4) is 0 Å². The Kier molecular flexibility index (Phi) is 34.4. The van der Waals surface area contributed by atoms with E-state index in [-0.39, 0.29) is 24.7 Å². The van der Waals surface area contributed by atoms with Gasteiger partial charge in [0.15, 0.2) is 6.10 Å². The third-order valence-corrected chi connectivity index (χ3v) is 11.8. The zero-order chi connectivity index (χ0) is 46.6. The zero-order valence-electron chi connectivity index (χ0n) is 38.2. The molecule has 1 unspecified atom stereocenters. The van der Waals surface area contributed by atoms with Gasteiger partial charge in [-0.25, -0.2) is 4.57 Å². The number of carboxylic acid groups (broad SMARTS) is 1. The number of hydrogen-bond acceptors (Lipinski definition) is 12. The summed E-state index contributed by atoms with van der Waals surface area (Å²) in [5.41, 5.74) is 5.34. The largest absolute Gasteiger partial charge is 0.480 e. The second kappa shape index (κ2) is 37.3. The topological polar surface area (TPSA) is 232 Å². The van der Waals surface area contributed by atoms with Crippen molar-refractivity contribution in [1.82, 2.24) is 0 Å². The van der Waals surface area contributed by atoms with Crippen LogP contribution in [0.1, 0.15) is 162 Å². The quantitative estimate of drug-likeness (QED) is 0.0146. The minimum atomic E-state index is -4.79. The molecule has 0 bridgehead atoms. The van der Waals surface area contributed by atoms with Gasteiger partial charge in [0, 0.05) is 25.2 Å². The Bertz CT molecular complexity index is 1420. The molecule has 1 aliphatic carbocycles.